The summed E-state index contributed by atoms with van der Waals surface area (Å²) in [5, 5.41) is 15.8. The van der Waals surface area contributed by atoms with Gasteiger partial charge in [-0.05, 0) is 72.3 Å². The summed E-state index contributed by atoms with van der Waals surface area (Å²) < 4.78 is 9.75. The van der Waals surface area contributed by atoms with Crippen molar-refractivity contribution in [2.75, 3.05) is 0 Å². The molecule has 40 heavy (non-hydrogen) atoms. The molecule has 6 rings (SSSR count). The molecule has 0 saturated carbocycles. The molecule has 0 aliphatic heterocycles. The van der Waals surface area contributed by atoms with Crippen LogP contribution in [-0.4, -0.2) is 19.3 Å². The summed E-state index contributed by atoms with van der Waals surface area (Å²) in [6.45, 7) is 0.441. The maximum atomic E-state index is 10.2. The number of rotatable bonds is 7. The Bertz CT molecular complexity index is 1860. The highest BCUT2D eigenvalue weighted by Gasteiger charge is 2.16. The van der Waals surface area contributed by atoms with Crippen LogP contribution in [0.25, 0.3) is 39.6 Å². The number of nitrogens with zero attached hydrogens (tertiary/aromatic N) is 5. The topological polar surface area (TPSA) is 68.7 Å². The third-order valence-electron chi connectivity index (χ3n) is 6.66. The summed E-state index contributed by atoms with van der Waals surface area (Å²) in [4.78, 5) is 4.73. The zero-order chi connectivity index (χ0) is 27.5. The van der Waals surface area contributed by atoms with Crippen molar-refractivity contribution in [2.45, 2.75) is 6.61 Å². The van der Waals surface area contributed by atoms with Gasteiger partial charge in [0.05, 0.1) is 28.0 Å². The van der Waals surface area contributed by atoms with Crippen molar-refractivity contribution < 1.29 is 4.74 Å². The summed E-state index contributed by atoms with van der Waals surface area (Å²) in [6.07, 6.45) is 3.80. The molecule has 0 amide bonds. The van der Waals surface area contributed by atoms with Gasteiger partial charge in [0.15, 0.2) is 5.82 Å². The number of hydrogen-bond acceptors (Lipinski definition) is 4. The molecule has 0 aliphatic rings. The number of allylic oxidation sites excluding steroid dienone is 1. The lowest BCUT2D eigenvalue weighted by atomic mass is 10.1. The van der Waals surface area contributed by atoms with E-state index in [0.29, 0.717) is 23.0 Å². The van der Waals surface area contributed by atoms with E-state index in [1.165, 1.54) is 0 Å². The van der Waals surface area contributed by atoms with Crippen molar-refractivity contribution >= 4 is 34.3 Å². The quantitative estimate of drug-likeness (QED) is 0.194. The van der Waals surface area contributed by atoms with Gasteiger partial charge in [-0.1, -0.05) is 54.1 Å². The monoisotopic (exact) mass is 541 g/mol. The number of benzene rings is 4. The van der Waals surface area contributed by atoms with Crippen LogP contribution in [0.15, 0.2) is 109 Å². The van der Waals surface area contributed by atoms with Gasteiger partial charge in [0.1, 0.15) is 18.4 Å². The fraction of sp³-hybridized carbons (Fsp3) is 0.0606. The second-order valence-electron chi connectivity index (χ2n) is 9.31. The Hall–Kier alpha value is -5.12. The number of imidazole rings is 1. The molecule has 7 heteroatoms. The number of nitriles is 1. The number of fused-ring (bicyclic) bond motifs is 1. The minimum absolute atomic E-state index is 0.441. The average Bonchev–Trinajstić information content (AvgIpc) is 3.57. The van der Waals surface area contributed by atoms with Gasteiger partial charge < -0.3 is 9.30 Å². The maximum Gasteiger partial charge on any atom is 0.151 e. The van der Waals surface area contributed by atoms with Crippen LogP contribution in [0.1, 0.15) is 17.0 Å². The van der Waals surface area contributed by atoms with Crippen LogP contribution in [0.3, 0.4) is 0 Å². The molecule has 194 valence electrons. The summed E-state index contributed by atoms with van der Waals surface area (Å²) in [6, 6.07) is 35.5. The van der Waals surface area contributed by atoms with Gasteiger partial charge in [-0.15, -0.1) is 0 Å². The average molecular weight is 542 g/mol. The van der Waals surface area contributed by atoms with Crippen LogP contribution in [0.5, 0.6) is 5.75 Å². The van der Waals surface area contributed by atoms with E-state index >= 15 is 0 Å². The highest BCUT2D eigenvalue weighted by Crippen LogP contribution is 2.30. The molecule has 0 bridgehead atoms. The fourth-order valence-electron chi connectivity index (χ4n) is 4.58. The van der Waals surface area contributed by atoms with Crippen LogP contribution in [0.4, 0.5) is 0 Å². The second kappa shape index (κ2) is 10.9. The number of halogens is 1. The summed E-state index contributed by atoms with van der Waals surface area (Å²) >= 11 is 5.98. The molecule has 2 heterocycles. The van der Waals surface area contributed by atoms with Crippen LogP contribution in [0, 0.1) is 11.3 Å². The first-order valence-electron chi connectivity index (χ1n) is 12.8. The molecule has 0 unspecified atom stereocenters. The molecule has 0 aliphatic carbocycles. The Morgan fingerprint density at radius 1 is 0.925 bits per heavy atom. The number of aromatic nitrogens is 4. The van der Waals surface area contributed by atoms with Crippen molar-refractivity contribution in [1.82, 2.24) is 19.3 Å². The Labute approximate surface area is 237 Å². The molecule has 0 radical (unpaired) electrons. The van der Waals surface area contributed by atoms with Crippen LogP contribution in [0.2, 0.25) is 5.02 Å². The molecule has 2 aromatic heterocycles. The first-order valence-corrected chi connectivity index (χ1v) is 13.1. The van der Waals surface area contributed by atoms with Crippen molar-refractivity contribution in [2.24, 2.45) is 7.05 Å². The third kappa shape index (κ3) is 5.11. The zero-order valence-corrected chi connectivity index (χ0v) is 22.5. The fourth-order valence-corrected chi connectivity index (χ4v) is 4.70. The van der Waals surface area contributed by atoms with Crippen molar-refractivity contribution in [3.05, 3.63) is 131 Å². The number of para-hydroxylation sites is 3. The van der Waals surface area contributed by atoms with E-state index < -0.39 is 0 Å². The molecular formula is C33H24ClN5O. The molecule has 0 fully saturated rings. The SMILES string of the molecule is Cn1c(C(C#N)=Cc2cn(-c3ccccc3)nc2-c2ccc(OCc3ccc(Cl)cc3)cc2)nc2ccccc21. The van der Waals surface area contributed by atoms with E-state index in [2.05, 4.69) is 6.07 Å². The highest BCUT2D eigenvalue weighted by atomic mass is 35.5. The van der Waals surface area contributed by atoms with Gasteiger partial charge in [0.25, 0.3) is 0 Å². The standard InChI is InChI=1S/C33H24ClN5O/c1-38-31-10-6-5-9-30(31)36-33(38)25(20-35)19-26-21-39(28-7-3-2-4-8-28)37-32(26)24-13-17-29(18-14-24)40-22-23-11-15-27(34)16-12-23/h2-19,21H,22H2,1H3. The lowest BCUT2D eigenvalue weighted by molar-refractivity contribution is 0.306. The largest absolute Gasteiger partial charge is 0.489 e. The first-order chi connectivity index (χ1) is 19.6. The van der Waals surface area contributed by atoms with Gasteiger partial charge in [-0.25, -0.2) is 9.67 Å². The Morgan fingerprint density at radius 3 is 2.38 bits per heavy atom. The minimum Gasteiger partial charge on any atom is -0.489 e. The predicted octanol–water partition coefficient (Wildman–Crippen LogP) is 7.72. The molecule has 6 aromatic rings. The zero-order valence-electron chi connectivity index (χ0n) is 21.7. The molecule has 0 atom stereocenters. The third-order valence-corrected chi connectivity index (χ3v) is 6.91. The van der Waals surface area contributed by atoms with E-state index in [1.807, 2.05) is 132 Å². The van der Waals surface area contributed by atoms with E-state index in [0.717, 1.165) is 44.9 Å². The van der Waals surface area contributed by atoms with E-state index in [1.54, 1.807) is 0 Å². The smallest absolute Gasteiger partial charge is 0.151 e. The van der Waals surface area contributed by atoms with Gasteiger partial charge in [0, 0.05) is 29.4 Å². The van der Waals surface area contributed by atoms with Crippen molar-refractivity contribution in [1.29, 1.82) is 5.26 Å². The van der Waals surface area contributed by atoms with Crippen LogP contribution >= 0.6 is 11.6 Å². The number of aryl methyl sites for hydroxylation is 1. The second-order valence-corrected chi connectivity index (χ2v) is 9.74. The maximum absolute atomic E-state index is 10.2. The number of ether oxygens (including phenoxy) is 1. The number of hydrogen-bond donors (Lipinski definition) is 0. The summed E-state index contributed by atoms with van der Waals surface area (Å²) in [7, 11) is 1.92. The first kappa shape index (κ1) is 25.2. The predicted molar refractivity (Wildman–Crippen MR) is 159 cm³/mol. The molecule has 4 aromatic carbocycles. The minimum atomic E-state index is 0.441. The van der Waals surface area contributed by atoms with Crippen molar-refractivity contribution in [3.63, 3.8) is 0 Å². The molecule has 6 nitrogen and oxygen atoms in total. The van der Waals surface area contributed by atoms with Gasteiger partial charge in [0.2, 0.25) is 0 Å². The lowest BCUT2D eigenvalue weighted by Gasteiger charge is -2.07. The van der Waals surface area contributed by atoms with Crippen LogP contribution < -0.4 is 4.74 Å². The normalized spacial score (nSPS) is 11.5. The van der Waals surface area contributed by atoms with E-state index in [-0.39, 0.29) is 0 Å². The molecule has 0 saturated heterocycles. The molecule has 0 spiro atoms. The van der Waals surface area contributed by atoms with Crippen LogP contribution in [-0.2, 0) is 13.7 Å². The Balaban J connectivity index is 1.37. The summed E-state index contributed by atoms with van der Waals surface area (Å²) in [5.41, 5.74) is 6.68. The van der Waals surface area contributed by atoms with Gasteiger partial charge in [-0.2, -0.15) is 10.4 Å². The summed E-state index contributed by atoms with van der Waals surface area (Å²) in [5.74, 6) is 1.35. The van der Waals surface area contributed by atoms with Crippen molar-refractivity contribution in [3.8, 4) is 28.8 Å². The highest BCUT2D eigenvalue weighted by molar-refractivity contribution is 6.30. The Morgan fingerprint density at radius 2 is 1.65 bits per heavy atom. The van der Waals surface area contributed by atoms with Gasteiger partial charge >= 0.3 is 0 Å². The Kier molecular flexibility index (Phi) is 6.88. The molecule has 0 N–H and O–H groups in total. The van der Waals surface area contributed by atoms with E-state index in [9.17, 15) is 5.26 Å². The lowest BCUT2D eigenvalue weighted by Crippen LogP contribution is -1.96. The molecular weight excluding hydrogens is 518 g/mol. The van der Waals surface area contributed by atoms with E-state index in [4.69, 9.17) is 26.4 Å². The van der Waals surface area contributed by atoms with Gasteiger partial charge in [-0.3, -0.25) is 0 Å².